The molecule has 1 aromatic heterocycles. The number of aromatic amines is 1. The highest BCUT2D eigenvalue weighted by atomic mass is 19.1. The third-order valence-electron chi connectivity index (χ3n) is 3.13. The number of carbonyl (C=O) groups is 1. The molecule has 0 fully saturated rings. The molecule has 22 heavy (non-hydrogen) atoms. The Morgan fingerprint density at radius 3 is 2.91 bits per heavy atom. The number of H-pyrrole nitrogens is 1. The zero-order valence-electron chi connectivity index (χ0n) is 11.5. The zero-order valence-corrected chi connectivity index (χ0v) is 11.5. The third-order valence-corrected chi connectivity index (χ3v) is 3.13. The topological polar surface area (TPSA) is 55.0 Å². The van der Waals surface area contributed by atoms with E-state index >= 15 is 0 Å². The Morgan fingerprint density at radius 2 is 2.14 bits per heavy atom. The smallest absolute Gasteiger partial charge is 0.339 e. The molecular formula is C17H11FN2O2. The van der Waals surface area contributed by atoms with Crippen molar-refractivity contribution in [1.82, 2.24) is 9.97 Å². The Morgan fingerprint density at radius 1 is 1.32 bits per heavy atom. The fourth-order valence-electron chi connectivity index (χ4n) is 2.11. The van der Waals surface area contributed by atoms with Crippen LogP contribution in [0.1, 0.15) is 10.4 Å². The van der Waals surface area contributed by atoms with Gasteiger partial charge in [0.15, 0.2) is 6.61 Å². The van der Waals surface area contributed by atoms with Gasteiger partial charge >= 0.3 is 5.97 Å². The van der Waals surface area contributed by atoms with Crippen molar-refractivity contribution >= 4 is 17.0 Å². The second-order valence-corrected chi connectivity index (χ2v) is 4.58. The first-order valence-electron chi connectivity index (χ1n) is 6.54. The fourth-order valence-corrected chi connectivity index (χ4v) is 2.11. The lowest BCUT2D eigenvalue weighted by molar-refractivity contribution is 0.0557. The number of esters is 1. The summed E-state index contributed by atoms with van der Waals surface area (Å²) >= 11 is 0. The Kier molecular flexibility index (Phi) is 3.58. The van der Waals surface area contributed by atoms with Crippen molar-refractivity contribution in [1.29, 1.82) is 0 Å². The molecule has 0 aliphatic rings. The minimum absolute atomic E-state index is 0.0830. The molecule has 5 heteroatoms. The Balaban J connectivity index is 1.99. The first-order chi connectivity index (χ1) is 10.7. The molecule has 1 heterocycles. The molecule has 0 amide bonds. The minimum atomic E-state index is -0.512. The van der Waals surface area contributed by atoms with Gasteiger partial charge in [-0.1, -0.05) is 18.1 Å². The van der Waals surface area contributed by atoms with Gasteiger partial charge in [-0.3, -0.25) is 0 Å². The summed E-state index contributed by atoms with van der Waals surface area (Å²) < 4.78 is 18.7. The molecule has 0 saturated carbocycles. The number of halogens is 1. The van der Waals surface area contributed by atoms with Crippen LogP contribution in [-0.2, 0) is 4.74 Å². The summed E-state index contributed by atoms with van der Waals surface area (Å²) in [5.41, 5.74) is 1.97. The molecule has 3 rings (SSSR count). The quantitative estimate of drug-likeness (QED) is 0.596. The summed E-state index contributed by atoms with van der Waals surface area (Å²) in [7, 11) is 0. The average molecular weight is 294 g/mol. The van der Waals surface area contributed by atoms with Crippen molar-refractivity contribution in [2.45, 2.75) is 0 Å². The number of fused-ring (bicyclic) bond motifs is 1. The summed E-state index contributed by atoms with van der Waals surface area (Å²) in [6.45, 7) is -0.0830. The van der Waals surface area contributed by atoms with Crippen LogP contribution < -0.4 is 0 Å². The van der Waals surface area contributed by atoms with Gasteiger partial charge in [0, 0.05) is 0 Å². The third kappa shape index (κ3) is 2.54. The number of carbonyl (C=O) groups excluding carboxylic acids is 1. The highest BCUT2D eigenvalue weighted by Crippen LogP contribution is 2.23. The van der Waals surface area contributed by atoms with Gasteiger partial charge in [0.25, 0.3) is 0 Å². The predicted octanol–water partition coefficient (Wildman–Crippen LogP) is 3.16. The summed E-state index contributed by atoms with van der Waals surface area (Å²) in [5, 5.41) is 0. The van der Waals surface area contributed by atoms with E-state index < -0.39 is 5.97 Å². The van der Waals surface area contributed by atoms with E-state index in [2.05, 4.69) is 15.9 Å². The molecule has 1 N–H and O–H groups in total. The van der Waals surface area contributed by atoms with E-state index in [0.717, 1.165) is 0 Å². The standard InChI is InChI=1S/C17H11FN2O2/c1-2-9-22-17(21)11-7-8-14-15(10-11)20-16(19-14)12-5-3-4-6-13(12)18/h1,3-8,10H,9H2,(H,19,20). The van der Waals surface area contributed by atoms with Gasteiger partial charge < -0.3 is 9.72 Å². The maximum absolute atomic E-state index is 13.8. The summed E-state index contributed by atoms with van der Waals surface area (Å²) in [6, 6.07) is 11.2. The Labute approximate surface area is 125 Å². The normalized spacial score (nSPS) is 10.4. The van der Waals surface area contributed by atoms with Crippen LogP contribution in [0.15, 0.2) is 42.5 Å². The number of ether oxygens (including phenoxy) is 1. The van der Waals surface area contributed by atoms with Crippen LogP contribution >= 0.6 is 0 Å². The van der Waals surface area contributed by atoms with Crippen molar-refractivity contribution in [3.8, 4) is 23.7 Å². The predicted molar refractivity (Wildman–Crippen MR) is 80.6 cm³/mol. The number of aromatic nitrogens is 2. The zero-order chi connectivity index (χ0) is 15.5. The van der Waals surface area contributed by atoms with E-state index in [1.54, 1.807) is 36.4 Å². The molecule has 0 saturated heterocycles. The fraction of sp³-hybridized carbons (Fsp3) is 0.0588. The molecule has 0 radical (unpaired) electrons. The first kappa shape index (κ1) is 13.8. The van der Waals surface area contributed by atoms with Crippen molar-refractivity contribution < 1.29 is 13.9 Å². The van der Waals surface area contributed by atoms with Gasteiger partial charge in [-0.25, -0.2) is 14.2 Å². The number of benzene rings is 2. The van der Waals surface area contributed by atoms with Crippen LogP contribution in [0, 0.1) is 18.2 Å². The maximum Gasteiger partial charge on any atom is 0.339 e. The van der Waals surface area contributed by atoms with Gasteiger partial charge in [0.05, 0.1) is 22.2 Å². The van der Waals surface area contributed by atoms with Crippen LogP contribution in [0.25, 0.3) is 22.4 Å². The highest BCUT2D eigenvalue weighted by molar-refractivity contribution is 5.94. The van der Waals surface area contributed by atoms with E-state index in [0.29, 0.717) is 28.0 Å². The molecule has 108 valence electrons. The molecule has 0 aliphatic carbocycles. The number of nitrogens with zero attached hydrogens (tertiary/aromatic N) is 1. The number of rotatable bonds is 3. The van der Waals surface area contributed by atoms with Crippen LogP contribution in [0.5, 0.6) is 0 Å². The number of hydrogen-bond acceptors (Lipinski definition) is 3. The lowest BCUT2D eigenvalue weighted by Crippen LogP contribution is -2.04. The first-order valence-corrected chi connectivity index (χ1v) is 6.54. The van der Waals surface area contributed by atoms with E-state index in [1.807, 2.05) is 0 Å². The van der Waals surface area contributed by atoms with E-state index in [1.165, 1.54) is 6.07 Å². The summed E-state index contributed by atoms with van der Waals surface area (Å²) in [6.07, 6.45) is 5.05. The maximum atomic E-state index is 13.8. The number of imidazole rings is 1. The Bertz CT molecular complexity index is 893. The van der Waals surface area contributed by atoms with E-state index in [9.17, 15) is 9.18 Å². The van der Waals surface area contributed by atoms with Crippen molar-refractivity contribution in [3.63, 3.8) is 0 Å². The van der Waals surface area contributed by atoms with Gasteiger partial charge in [-0.05, 0) is 30.3 Å². The molecule has 0 bridgehead atoms. The molecule has 0 atom stereocenters. The minimum Gasteiger partial charge on any atom is -0.449 e. The number of nitrogens with one attached hydrogen (secondary N) is 1. The lowest BCUT2D eigenvalue weighted by atomic mass is 10.2. The number of terminal acetylenes is 1. The van der Waals surface area contributed by atoms with Gasteiger partial charge in [0.1, 0.15) is 11.6 Å². The second-order valence-electron chi connectivity index (χ2n) is 4.58. The summed E-state index contributed by atoms with van der Waals surface area (Å²) in [5.74, 6) is 1.76. The van der Waals surface area contributed by atoms with Crippen molar-refractivity contribution in [3.05, 3.63) is 53.8 Å². The van der Waals surface area contributed by atoms with E-state index in [4.69, 9.17) is 11.2 Å². The van der Waals surface area contributed by atoms with Crippen molar-refractivity contribution in [2.75, 3.05) is 6.61 Å². The second kappa shape index (κ2) is 5.70. The van der Waals surface area contributed by atoms with Crippen LogP contribution in [0.2, 0.25) is 0 Å². The average Bonchev–Trinajstić information content (AvgIpc) is 2.95. The summed E-state index contributed by atoms with van der Waals surface area (Å²) in [4.78, 5) is 19.1. The molecule has 0 aliphatic heterocycles. The monoisotopic (exact) mass is 294 g/mol. The number of hydrogen-bond donors (Lipinski definition) is 1. The van der Waals surface area contributed by atoms with Gasteiger partial charge in [-0.15, -0.1) is 6.42 Å². The highest BCUT2D eigenvalue weighted by Gasteiger charge is 2.12. The molecule has 4 nitrogen and oxygen atoms in total. The lowest BCUT2D eigenvalue weighted by Gasteiger charge is -2.00. The molecule has 2 aromatic carbocycles. The van der Waals surface area contributed by atoms with E-state index in [-0.39, 0.29) is 12.4 Å². The van der Waals surface area contributed by atoms with Gasteiger partial charge in [0.2, 0.25) is 0 Å². The Hall–Kier alpha value is -3.13. The SMILES string of the molecule is C#CCOC(=O)c1ccc2nc(-c3ccccc3F)[nH]c2c1. The van der Waals surface area contributed by atoms with Crippen LogP contribution in [-0.4, -0.2) is 22.5 Å². The molecule has 0 spiro atoms. The van der Waals surface area contributed by atoms with Crippen LogP contribution in [0.3, 0.4) is 0 Å². The largest absolute Gasteiger partial charge is 0.449 e. The molecule has 3 aromatic rings. The molecule has 0 unspecified atom stereocenters. The van der Waals surface area contributed by atoms with Crippen molar-refractivity contribution in [2.24, 2.45) is 0 Å². The van der Waals surface area contributed by atoms with Crippen LogP contribution in [0.4, 0.5) is 4.39 Å². The molecular weight excluding hydrogens is 283 g/mol. The van der Waals surface area contributed by atoms with Gasteiger partial charge in [-0.2, -0.15) is 0 Å².